The Bertz CT molecular complexity index is 632. The largest absolute Gasteiger partial charge is 0.469 e. The minimum absolute atomic E-state index is 0.155. The summed E-state index contributed by atoms with van der Waals surface area (Å²) in [6, 6.07) is 0. The van der Waals surface area contributed by atoms with Crippen molar-refractivity contribution in [3.63, 3.8) is 0 Å². The molecule has 0 bridgehead atoms. The van der Waals surface area contributed by atoms with Crippen molar-refractivity contribution in [2.45, 2.75) is 19.4 Å². The third-order valence-electron chi connectivity index (χ3n) is 3.58. The number of fused-ring (bicyclic) bond motifs is 1. The highest BCUT2D eigenvalue weighted by molar-refractivity contribution is 5.83. The molecule has 100 valence electrons. The van der Waals surface area contributed by atoms with Gasteiger partial charge >= 0.3 is 5.97 Å². The number of nitrogens with one attached hydrogen (secondary N) is 1. The van der Waals surface area contributed by atoms with Crippen LogP contribution in [0.2, 0.25) is 0 Å². The summed E-state index contributed by atoms with van der Waals surface area (Å²) in [5, 5.41) is 2.98. The maximum Gasteiger partial charge on any atom is 0.313 e. The van der Waals surface area contributed by atoms with Crippen LogP contribution in [0.5, 0.6) is 0 Å². The molecule has 19 heavy (non-hydrogen) atoms. The molecule has 1 fully saturated rings. The molecule has 0 amide bonds. The standard InChI is InChI=1S/C12H15N5O2/c1-13-9-8-10(15-6-14-9)17(7-16-8)5-12(3-4-12)11(18)19-2/h6-7H,3-5H2,1-2H3,(H,13,14,15). The summed E-state index contributed by atoms with van der Waals surface area (Å²) < 4.78 is 6.76. The number of ether oxygens (including phenoxy) is 1. The molecule has 2 heterocycles. The maximum atomic E-state index is 11.8. The van der Waals surface area contributed by atoms with Crippen molar-refractivity contribution >= 4 is 23.0 Å². The Labute approximate surface area is 110 Å². The highest BCUT2D eigenvalue weighted by atomic mass is 16.5. The van der Waals surface area contributed by atoms with Crippen LogP contribution in [-0.4, -0.2) is 39.6 Å². The van der Waals surface area contributed by atoms with E-state index in [0.29, 0.717) is 17.9 Å². The van der Waals surface area contributed by atoms with Gasteiger partial charge in [-0.1, -0.05) is 0 Å². The number of hydrogen-bond donors (Lipinski definition) is 1. The third kappa shape index (κ3) is 1.81. The monoisotopic (exact) mass is 261 g/mol. The highest BCUT2D eigenvalue weighted by Crippen LogP contribution is 2.48. The lowest BCUT2D eigenvalue weighted by molar-refractivity contribution is -0.147. The van der Waals surface area contributed by atoms with Crippen LogP contribution >= 0.6 is 0 Å². The molecule has 2 aromatic heterocycles. The molecule has 1 N–H and O–H groups in total. The van der Waals surface area contributed by atoms with Crippen LogP contribution in [0.3, 0.4) is 0 Å². The normalized spacial score (nSPS) is 16.3. The molecule has 0 radical (unpaired) electrons. The van der Waals surface area contributed by atoms with Crippen molar-refractivity contribution in [3.8, 4) is 0 Å². The molecular weight excluding hydrogens is 246 g/mol. The zero-order chi connectivity index (χ0) is 13.5. The van der Waals surface area contributed by atoms with E-state index in [2.05, 4.69) is 20.3 Å². The van der Waals surface area contributed by atoms with Gasteiger partial charge in [-0.25, -0.2) is 15.0 Å². The van der Waals surface area contributed by atoms with Gasteiger partial charge in [0.15, 0.2) is 11.5 Å². The second-order valence-corrected chi connectivity index (χ2v) is 4.79. The number of methoxy groups -OCH3 is 1. The minimum atomic E-state index is -0.396. The molecule has 0 spiro atoms. The fourth-order valence-electron chi connectivity index (χ4n) is 2.30. The Morgan fingerprint density at radius 3 is 2.89 bits per heavy atom. The summed E-state index contributed by atoms with van der Waals surface area (Å²) in [6.45, 7) is 0.552. The van der Waals surface area contributed by atoms with E-state index < -0.39 is 5.41 Å². The first-order valence-corrected chi connectivity index (χ1v) is 6.12. The zero-order valence-electron chi connectivity index (χ0n) is 10.9. The van der Waals surface area contributed by atoms with Gasteiger partial charge in [0.2, 0.25) is 0 Å². The Morgan fingerprint density at radius 2 is 2.26 bits per heavy atom. The maximum absolute atomic E-state index is 11.8. The van der Waals surface area contributed by atoms with E-state index in [1.54, 1.807) is 13.4 Å². The van der Waals surface area contributed by atoms with Gasteiger partial charge in [0.25, 0.3) is 0 Å². The average molecular weight is 261 g/mol. The predicted octanol–water partition coefficient (Wildman–Crippen LogP) is 0.821. The fourth-order valence-corrected chi connectivity index (χ4v) is 2.30. The molecule has 0 atom stereocenters. The number of esters is 1. The van der Waals surface area contributed by atoms with Crippen molar-refractivity contribution < 1.29 is 9.53 Å². The molecule has 0 saturated heterocycles. The Hall–Kier alpha value is -2.18. The molecule has 7 nitrogen and oxygen atoms in total. The molecule has 1 aliphatic rings. The first-order valence-electron chi connectivity index (χ1n) is 6.12. The molecule has 1 saturated carbocycles. The SMILES string of the molecule is CNc1ncnc2c1ncn2CC1(C(=O)OC)CC1. The van der Waals surface area contributed by atoms with Gasteiger partial charge in [-0.3, -0.25) is 4.79 Å². The molecule has 1 aliphatic carbocycles. The van der Waals surface area contributed by atoms with Crippen LogP contribution in [0.15, 0.2) is 12.7 Å². The van der Waals surface area contributed by atoms with Crippen molar-refractivity contribution in [1.82, 2.24) is 19.5 Å². The predicted molar refractivity (Wildman–Crippen MR) is 68.6 cm³/mol. The number of nitrogens with zero attached hydrogens (tertiary/aromatic N) is 4. The van der Waals surface area contributed by atoms with Gasteiger partial charge in [0, 0.05) is 13.6 Å². The van der Waals surface area contributed by atoms with Crippen LogP contribution in [0.25, 0.3) is 11.2 Å². The van der Waals surface area contributed by atoms with Crippen molar-refractivity contribution in [2.75, 3.05) is 19.5 Å². The summed E-state index contributed by atoms with van der Waals surface area (Å²) >= 11 is 0. The summed E-state index contributed by atoms with van der Waals surface area (Å²) in [5.41, 5.74) is 1.05. The van der Waals surface area contributed by atoms with E-state index in [0.717, 1.165) is 18.5 Å². The second-order valence-electron chi connectivity index (χ2n) is 4.79. The van der Waals surface area contributed by atoms with E-state index in [-0.39, 0.29) is 5.97 Å². The van der Waals surface area contributed by atoms with Gasteiger partial charge in [-0.15, -0.1) is 0 Å². The molecule has 2 aromatic rings. The lowest BCUT2D eigenvalue weighted by Gasteiger charge is -2.13. The van der Waals surface area contributed by atoms with Gasteiger partial charge in [-0.2, -0.15) is 0 Å². The number of anilines is 1. The number of carbonyl (C=O) groups is 1. The minimum Gasteiger partial charge on any atom is -0.469 e. The summed E-state index contributed by atoms with van der Waals surface area (Å²) in [7, 11) is 3.22. The van der Waals surface area contributed by atoms with Crippen molar-refractivity contribution in [3.05, 3.63) is 12.7 Å². The summed E-state index contributed by atoms with van der Waals surface area (Å²) in [4.78, 5) is 24.4. The number of carbonyl (C=O) groups excluding carboxylic acids is 1. The number of rotatable bonds is 4. The second kappa shape index (κ2) is 4.18. The van der Waals surface area contributed by atoms with Crippen LogP contribution in [0.1, 0.15) is 12.8 Å². The van der Waals surface area contributed by atoms with E-state index >= 15 is 0 Å². The average Bonchev–Trinajstić information content (AvgIpc) is 3.12. The van der Waals surface area contributed by atoms with Crippen molar-refractivity contribution in [1.29, 1.82) is 0 Å². The lowest BCUT2D eigenvalue weighted by Crippen LogP contribution is -2.23. The molecule has 0 aliphatic heterocycles. The topological polar surface area (TPSA) is 81.9 Å². The van der Waals surface area contributed by atoms with E-state index in [9.17, 15) is 4.79 Å². The molecular formula is C12H15N5O2. The number of aromatic nitrogens is 4. The van der Waals surface area contributed by atoms with E-state index in [1.165, 1.54) is 13.4 Å². The Morgan fingerprint density at radius 1 is 1.47 bits per heavy atom. The molecule has 0 unspecified atom stereocenters. The first-order chi connectivity index (χ1) is 9.20. The zero-order valence-corrected chi connectivity index (χ0v) is 10.9. The summed E-state index contributed by atoms with van der Waals surface area (Å²) in [5.74, 6) is 0.531. The van der Waals surface area contributed by atoms with Crippen molar-refractivity contribution in [2.24, 2.45) is 5.41 Å². The van der Waals surface area contributed by atoms with Crippen LogP contribution in [0.4, 0.5) is 5.82 Å². The van der Waals surface area contributed by atoms with E-state index in [4.69, 9.17) is 4.74 Å². The van der Waals surface area contributed by atoms with Gasteiger partial charge in [0.05, 0.1) is 18.9 Å². The van der Waals surface area contributed by atoms with Gasteiger partial charge in [0.1, 0.15) is 11.8 Å². The molecule has 7 heteroatoms. The van der Waals surface area contributed by atoms with E-state index in [1.807, 2.05) is 4.57 Å². The van der Waals surface area contributed by atoms with Crippen LogP contribution in [0, 0.1) is 5.41 Å². The highest BCUT2D eigenvalue weighted by Gasteiger charge is 2.51. The Kier molecular flexibility index (Phi) is 2.62. The Balaban J connectivity index is 1.97. The van der Waals surface area contributed by atoms with Gasteiger partial charge in [-0.05, 0) is 12.8 Å². The molecule has 0 aromatic carbocycles. The smallest absolute Gasteiger partial charge is 0.313 e. The summed E-state index contributed by atoms with van der Waals surface area (Å²) in [6.07, 6.45) is 4.89. The quantitative estimate of drug-likeness (QED) is 0.821. The third-order valence-corrected chi connectivity index (χ3v) is 3.58. The first kappa shape index (κ1) is 11.9. The van der Waals surface area contributed by atoms with Gasteiger partial charge < -0.3 is 14.6 Å². The number of imidazole rings is 1. The number of hydrogen-bond acceptors (Lipinski definition) is 6. The van der Waals surface area contributed by atoms with Crippen LogP contribution in [-0.2, 0) is 16.1 Å². The molecule has 3 rings (SSSR count). The lowest BCUT2D eigenvalue weighted by atomic mass is 10.1. The fraction of sp³-hybridized carbons (Fsp3) is 0.500. The van der Waals surface area contributed by atoms with Crippen LogP contribution < -0.4 is 5.32 Å².